The lowest BCUT2D eigenvalue weighted by molar-refractivity contribution is -0.0755. The number of ether oxygens (including phenoxy) is 1. The highest BCUT2D eigenvalue weighted by Crippen LogP contribution is 2.25. The van der Waals surface area contributed by atoms with E-state index in [9.17, 15) is 0 Å². The molecule has 1 aliphatic heterocycles. The normalized spacial score (nSPS) is 15.2. The Labute approximate surface area is 151 Å². The molecule has 1 fully saturated rings. The van der Waals surface area contributed by atoms with Crippen molar-refractivity contribution in [3.8, 4) is 17.5 Å². The molecule has 1 aliphatic rings. The van der Waals surface area contributed by atoms with Crippen molar-refractivity contribution in [2.75, 3.05) is 13.2 Å². The average Bonchev–Trinajstić information content (AvgIpc) is 3.13. The lowest BCUT2D eigenvalue weighted by atomic mass is 9.90. The van der Waals surface area contributed by atoms with Gasteiger partial charge in [-0.2, -0.15) is 5.26 Å². The predicted molar refractivity (Wildman–Crippen MR) is 95.0 cm³/mol. The molecule has 0 amide bonds. The van der Waals surface area contributed by atoms with Crippen LogP contribution in [0.1, 0.15) is 16.8 Å². The van der Waals surface area contributed by atoms with E-state index in [1.165, 1.54) is 0 Å². The van der Waals surface area contributed by atoms with Crippen molar-refractivity contribution < 1.29 is 9.26 Å². The van der Waals surface area contributed by atoms with Crippen LogP contribution in [0.2, 0.25) is 0 Å². The van der Waals surface area contributed by atoms with E-state index < -0.39 is 0 Å². The van der Waals surface area contributed by atoms with Crippen LogP contribution in [0.15, 0.2) is 59.3 Å². The van der Waals surface area contributed by atoms with Gasteiger partial charge in [-0.05, 0) is 29.8 Å². The van der Waals surface area contributed by atoms with Crippen LogP contribution in [-0.2, 0) is 17.7 Å². The van der Waals surface area contributed by atoms with Gasteiger partial charge >= 0.3 is 0 Å². The van der Waals surface area contributed by atoms with E-state index >= 15 is 0 Å². The predicted octanol–water partition coefficient (Wildman–Crippen LogP) is 2.71. The van der Waals surface area contributed by atoms with Crippen molar-refractivity contribution in [3.05, 3.63) is 71.5 Å². The molecular weight excluding hydrogens is 328 g/mol. The fraction of sp³-hybridized carbons (Fsp3) is 0.250. The number of rotatable bonds is 6. The number of benzene rings is 1. The number of nitrogens with one attached hydrogen (secondary N) is 1. The molecule has 1 saturated heterocycles. The summed E-state index contributed by atoms with van der Waals surface area (Å²) in [6.45, 7) is 1.98. The monoisotopic (exact) mass is 346 g/mol. The van der Waals surface area contributed by atoms with Gasteiger partial charge < -0.3 is 14.6 Å². The quantitative estimate of drug-likeness (QED) is 0.739. The van der Waals surface area contributed by atoms with Crippen molar-refractivity contribution in [3.63, 3.8) is 0 Å². The van der Waals surface area contributed by atoms with Crippen LogP contribution in [-0.4, -0.2) is 28.9 Å². The largest absolute Gasteiger partial charge is 0.377 e. The third-order valence-electron chi connectivity index (χ3n) is 4.50. The molecule has 3 heterocycles. The summed E-state index contributed by atoms with van der Waals surface area (Å²) in [4.78, 5) is 4.29. The zero-order chi connectivity index (χ0) is 17.8. The number of hydrogen-bond donors (Lipinski definition) is 1. The van der Waals surface area contributed by atoms with Crippen LogP contribution in [0.5, 0.6) is 0 Å². The minimum absolute atomic E-state index is 0.147. The van der Waals surface area contributed by atoms with Crippen LogP contribution >= 0.6 is 0 Å². The Morgan fingerprint density at radius 1 is 1.15 bits per heavy atom. The SMILES string of the molecule is N#Cc1ccc(CNC2(Cc3cc(-c4ccccn4)on3)COC2)cc1. The van der Waals surface area contributed by atoms with Crippen LogP contribution in [0.4, 0.5) is 0 Å². The van der Waals surface area contributed by atoms with E-state index in [0.717, 1.165) is 23.4 Å². The maximum absolute atomic E-state index is 8.88. The third-order valence-corrected chi connectivity index (χ3v) is 4.50. The zero-order valence-electron chi connectivity index (χ0n) is 14.2. The minimum atomic E-state index is -0.147. The van der Waals surface area contributed by atoms with E-state index in [1.807, 2.05) is 48.5 Å². The van der Waals surface area contributed by atoms with E-state index in [1.54, 1.807) is 6.20 Å². The Morgan fingerprint density at radius 2 is 2.00 bits per heavy atom. The van der Waals surface area contributed by atoms with E-state index in [0.29, 0.717) is 31.1 Å². The second-order valence-electron chi connectivity index (χ2n) is 6.51. The van der Waals surface area contributed by atoms with E-state index in [4.69, 9.17) is 14.5 Å². The van der Waals surface area contributed by atoms with Gasteiger partial charge in [0.25, 0.3) is 0 Å². The number of nitrogens with zero attached hydrogens (tertiary/aromatic N) is 3. The topological polar surface area (TPSA) is 84.0 Å². The van der Waals surface area contributed by atoms with Crippen molar-refractivity contribution in [2.45, 2.75) is 18.5 Å². The Hall–Kier alpha value is -3.01. The summed E-state index contributed by atoms with van der Waals surface area (Å²) >= 11 is 0. The maximum Gasteiger partial charge on any atom is 0.185 e. The molecule has 1 aromatic carbocycles. The zero-order valence-corrected chi connectivity index (χ0v) is 14.2. The second-order valence-corrected chi connectivity index (χ2v) is 6.51. The molecular formula is C20H18N4O2. The molecule has 0 atom stereocenters. The Morgan fingerprint density at radius 3 is 2.65 bits per heavy atom. The van der Waals surface area contributed by atoms with Gasteiger partial charge in [-0.25, -0.2) is 0 Å². The van der Waals surface area contributed by atoms with Gasteiger partial charge in [-0.1, -0.05) is 23.4 Å². The second kappa shape index (κ2) is 7.08. The fourth-order valence-electron chi connectivity index (χ4n) is 2.97. The first-order chi connectivity index (χ1) is 12.8. The van der Waals surface area contributed by atoms with E-state index in [2.05, 4.69) is 21.5 Å². The molecule has 0 bridgehead atoms. The van der Waals surface area contributed by atoms with Crippen LogP contribution in [0.25, 0.3) is 11.5 Å². The van der Waals surface area contributed by atoms with Crippen molar-refractivity contribution >= 4 is 0 Å². The lowest BCUT2D eigenvalue weighted by Crippen LogP contribution is -2.61. The molecule has 26 heavy (non-hydrogen) atoms. The van der Waals surface area contributed by atoms with Crippen LogP contribution < -0.4 is 5.32 Å². The minimum Gasteiger partial charge on any atom is -0.377 e. The molecule has 130 valence electrons. The summed E-state index contributed by atoms with van der Waals surface area (Å²) < 4.78 is 10.9. The van der Waals surface area contributed by atoms with Crippen molar-refractivity contribution in [2.24, 2.45) is 0 Å². The summed E-state index contributed by atoms with van der Waals surface area (Å²) in [6.07, 6.45) is 2.46. The first-order valence-corrected chi connectivity index (χ1v) is 8.45. The van der Waals surface area contributed by atoms with Gasteiger partial charge in [-0.3, -0.25) is 4.98 Å². The van der Waals surface area contributed by atoms with Crippen molar-refractivity contribution in [1.29, 1.82) is 5.26 Å². The highest BCUT2D eigenvalue weighted by Gasteiger charge is 2.39. The Bertz CT molecular complexity index is 909. The number of hydrogen-bond acceptors (Lipinski definition) is 6. The number of nitriles is 1. The first kappa shape index (κ1) is 16.5. The molecule has 6 heteroatoms. The Balaban J connectivity index is 1.42. The number of pyridine rings is 1. The summed E-state index contributed by atoms with van der Waals surface area (Å²) in [7, 11) is 0. The molecule has 0 radical (unpaired) electrons. The molecule has 3 aromatic rings. The molecule has 0 aliphatic carbocycles. The van der Waals surface area contributed by atoms with Gasteiger partial charge in [0.1, 0.15) is 5.69 Å². The number of aromatic nitrogens is 2. The summed E-state index contributed by atoms with van der Waals surface area (Å²) in [5.41, 5.74) is 3.30. The average molecular weight is 346 g/mol. The third kappa shape index (κ3) is 3.49. The molecule has 0 saturated carbocycles. The van der Waals surface area contributed by atoms with Crippen molar-refractivity contribution in [1.82, 2.24) is 15.5 Å². The molecule has 6 nitrogen and oxygen atoms in total. The highest BCUT2D eigenvalue weighted by molar-refractivity contribution is 5.51. The fourth-order valence-corrected chi connectivity index (χ4v) is 2.97. The van der Waals surface area contributed by atoms with E-state index in [-0.39, 0.29) is 5.54 Å². The molecule has 0 unspecified atom stereocenters. The first-order valence-electron chi connectivity index (χ1n) is 8.45. The molecule has 1 N–H and O–H groups in total. The lowest BCUT2D eigenvalue weighted by Gasteiger charge is -2.42. The standard InChI is InChI=1S/C20H18N4O2/c21-11-15-4-6-16(7-5-15)12-23-20(13-25-14-20)10-17-9-19(26-24-17)18-3-1-2-8-22-18/h1-9,23H,10,12-14H2. The summed E-state index contributed by atoms with van der Waals surface area (Å²) in [5.74, 6) is 0.670. The highest BCUT2D eigenvalue weighted by atomic mass is 16.5. The summed E-state index contributed by atoms with van der Waals surface area (Å²) in [6, 6.07) is 17.4. The van der Waals surface area contributed by atoms with Crippen LogP contribution in [0.3, 0.4) is 0 Å². The summed E-state index contributed by atoms with van der Waals surface area (Å²) in [5, 5.41) is 16.7. The van der Waals surface area contributed by atoms with Crippen LogP contribution in [0, 0.1) is 11.3 Å². The molecule has 4 rings (SSSR count). The van der Waals surface area contributed by atoms with Gasteiger partial charge in [0.05, 0.1) is 36.1 Å². The molecule has 2 aromatic heterocycles. The van der Waals surface area contributed by atoms with Gasteiger partial charge in [-0.15, -0.1) is 0 Å². The maximum atomic E-state index is 8.88. The smallest absolute Gasteiger partial charge is 0.185 e. The Kier molecular flexibility index (Phi) is 4.48. The van der Waals surface area contributed by atoms with Gasteiger partial charge in [0.2, 0.25) is 0 Å². The molecule has 0 spiro atoms. The van der Waals surface area contributed by atoms with Gasteiger partial charge in [0.15, 0.2) is 5.76 Å². The van der Waals surface area contributed by atoms with Gasteiger partial charge in [0, 0.05) is 25.2 Å².